The number of hydrogen-bond acceptors (Lipinski definition) is 4. The van der Waals surface area contributed by atoms with Crippen LogP contribution < -0.4 is 0 Å². The van der Waals surface area contributed by atoms with Crippen LogP contribution in [0.2, 0.25) is 0 Å². The molecule has 0 bridgehead atoms. The lowest BCUT2D eigenvalue weighted by atomic mass is 10.1. The molecule has 6 nitrogen and oxygen atoms in total. The van der Waals surface area contributed by atoms with Gasteiger partial charge in [-0.2, -0.15) is 0 Å². The second-order valence-electron chi connectivity index (χ2n) is 8.15. The summed E-state index contributed by atoms with van der Waals surface area (Å²) in [6, 6.07) is 17.4. The predicted octanol–water partition coefficient (Wildman–Crippen LogP) is 2.86. The monoisotopic (exact) mass is 419 g/mol. The van der Waals surface area contributed by atoms with Gasteiger partial charge >= 0.3 is 0 Å². The molecule has 2 heterocycles. The van der Waals surface area contributed by atoms with Crippen LogP contribution in [-0.2, 0) is 16.1 Å². The van der Waals surface area contributed by atoms with Gasteiger partial charge in [0.25, 0.3) is 5.91 Å². The number of nitrogens with zero attached hydrogens (tertiary/aromatic N) is 3. The van der Waals surface area contributed by atoms with Crippen LogP contribution in [0.3, 0.4) is 0 Å². The Labute approximate surface area is 183 Å². The SMILES string of the molecule is C=C1c2ccccc2C(=O)N1CC(=O)N(Cc1ccccc1)C(C)CN1CCOCC1. The van der Waals surface area contributed by atoms with Crippen LogP contribution in [-0.4, -0.2) is 71.9 Å². The minimum atomic E-state index is -0.158. The largest absolute Gasteiger partial charge is 0.379 e. The van der Waals surface area contributed by atoms with E-state index in [0.29, 0.717) is 17.8 Å². The van der Waals surface area contributed by atoms with E-state index in [0.717, 1.165) is 44.0 Å². The highest BCUT2D eigenvalue weighted by molar-refractivity contribution is 6.10. The lowest BCUT2D eigenvalue weighted by molar-refractivity contribution is -0.134. The summed E-state index contributed by atoms with van der Waals surface area (Å²) in [5.41, 5.74) is 3.07. The Hall–Kier alpha value is -2.96. The van der Waals surface area contributed by atoms with Crippen LogP contribution in [0.1, 0.15) is 28.4 Å². The normalized spacial score (nSPS) is 17.5. The summed E-state index contributed by atoms with van der Waals surface area (Å²) < 4.78 is 5.45. The number of hydrogen-bond donors (Lipinski definition) is 0. The van der Waals surface area contributed by atoms with E-state index in [4.69, 9.17) is 4.74 Å². The summed E-state index contributed by atoms with van der Waals surface area (Å²) in [6.45, 7) is 10.6. The molecule has 31 heavy (non-hydrogen) atoms. The van der Waals surface area contributed by atoms with Gasteiger partial charge in [0.1, 0.15) is 6.54 Å². The first-order valence-corrected chi connectivity index (χ1v) is 10.8. The summed E-state index contributed by atoms with van der Waals surface area (Å²) in [5, 5.41) is 0. The van der Waals surface area contributed by atoms with Crippen LogP contribution in [0.25, 0.3) is 5.70 Å². The molecule has 4 rings (SSSR count). The van der Waals surface area contributed by atoms with E-state index < -0.39 is 0 Å². The van der Waals surface area contributed by atoms with Crippen LogP contribution >= 0.6 is 0 Å². The standard InChI is InChI=1S/C25H29N3O3/c1-19(16-26-12-14-31-15-13-26)27(17-21-8-4-3-5-9-21)24(29)18-28-20(2)22-10-6-7-11-23(22)25(28)30/h3-11,19H,2,12-18H2,1H3. The van der Waals surface area contributed by atoms with Crippen molar-refractivity contribution in [2.24, 2.45) is 0 Å². The van der Waals surface area contributed by atoms with Gasteiger partial charge in [0.05, 0.1) is 13.2 Å². The molecule has 2 amide bonds. The predicted molar refractivity (Wildman–Crippen MR) is 120 cm³/mol. The third-order valence-corrected chi connectivity index (χ3v) is 6.01. The third-order valence-electron chi connectivity index (χ3n) is 6.01. The lowest BCUT2D eigenvalue weighted by Crippen LogP contribution is -2.50. The molecule has 1 unspecified atom stereocenters. The van der Waals surface area contributed by atoms with Gasteiger partial charge in [0.2, 0.25) is 5.91 Å². The fourth-order valence-electron chi connectivity index (χ4n) is 4.25. The van der Waals surface area contributed by atoms with Gasteiger partial charge in [-0.1, -0.05) is 55.1 Å². The van der Waals surface area contributed by atoms with Crippen LogP contribution in [0.5, 0.6) is 0 Å². The zero-order valence-electron chi connectivity index (χ0n) is 18.0. The summed E-state index contributed by atoms with van der Waals surface area (Å²) in [7, 11) is 0. The zero-order valence-corrected chi connectivity index (χ0v) is 18.0. The molecule has 2 aliphatic heterocycles. The summed E-state index contributed by atoms with van der Waals surface area (Å²) in [5.74, 6) is -0.235. The Bertz CT molecular complexity index is 918. The van der Waals surface area contributed by atoms with E-state index in [9.17, 15) is 9.59 Å². The number of morpholine rings is 1. The van der Waals surface area contributed by atoms with Gasteiger partial charge in [0, 0.05) is 49.0 Å². The molecular weight excluding hydrogens is 390 g/mol. The van der Waals surface area contributed by atoms with Gasteiger partial charge < -0.3 is 9.64 Å². The Balaban J connectivity index is 1.50. The minimum Gasteiger partial charge on any atom is -0.379 e. The van der Waals surface area contributed by atoms with Crippen molar-refractivity contribution in [3.8, 4) is 0 Å². The van der Waals surface area contributed by atoms with Crippen LogP contribution in [0.15, 0.2) is 61.2 Å². The average Bonchev–Trinajstić information content (AvgIpc) is 3.04. The fraction of sp³-hybridized carbons (Fsp3) is 0.360. The molecule has 162 valence electrons. The summed E-state index contributed by atoms with van der Waals surface area (Å²) >= 11 is 0. The third kappa shape index (κ3) is 4.70. The fourth-order valence-corrected chi connectivity index (χ4v) is 4.25. The number of fused-ring (bicyclic) bond motifs is 1. The van der Waals surface area contributed by atoms with Gasteiger partial charge in [-0.15, -0.1) is 0 Å². The maximum atomic E-state index is 13.5. The molecule has 0 radical (unpaired) electrons. The second-order valence-corrected chi connectivity index (χ2v) is 8.15. The molecule has 1 atom stereocenters. The first-order chi connectivity index (χ1) is 15.0. The highest BCUT2D eigenvalue weighted by Gasteiger charge is 2.34. The maximum absolute atomic E-state index is 13.5. The van der Waals surface area contributed by atoms with Crippen molar-refractivity contribution >= 4 is 17.5 Å². The van der Waals surface area contributed by atoms with Crippen molar-refractivity contribution in [2.45, 2.75) is 19.5 Å². The molecule has 2 aliphatic rings. The van der Waals surface area contributed by atoms with Crippen molar-refractivity contribution in [2.75, 3.05) is 39.4 Å². The number of rotatable bonds is 7. The quantitative estimate of drug-likeness (QED) is 0.693. The number of ether oxygens (including phenoxy) is 1. The zero-order chi connectivity index (χ0) is 21.8. The Morgan fingerprint density at radius 2 is 1.71 bits per heavy atom. The van der Waals surface area contributed by atoms with Crippen LogP contribution in [0, 0.1) is 0 Å². The van der Waals surface area contributed by atoms with E-state index in [1.165, 1.54) is 4.90 Å². The Morgan fingerprint density at radius 1 is 1.06 bits per heavy atom. The van der Waals surface area contributed by atoms with Gasteiger partial charge in [-0.05, 0) is 18.6 Å². The van der Waals surface area contributed by atoms with Crippen molar-refractivity contribution in [1.82, 2.24) is 14.7 Å². The molecule has 0 saturated carbocycles. The molecule has 0 aromatic heterocycles. The summed E-state index contributed by atoms with van der Waals surface area (Å²) in [6.07, 6.45) is 0. The molecular formula is C25H29N3O3. The van der Waals surface area contributed by atoms with E-state index in [-0.39, 0.29) is 24.4 Å². The number of amides is 2. The van der Waals surface area contributed by atoms with E-state index >= 15 is 0 Å². The van der Waals surface area contributed by atoms with Crippen molar-refractivity contribution < 1.29 is 14.3 Å². The topological polar surface area (TPSA) is 53.1 Å². The van der Waals surface area contributed by atoms with Crippen molar-refractivity contribution in [3.63, 3.8) is 0 Å². The van der Waals surface area contributed by atoms with E-state index in [1.54, 1.807) is 6.07 Å². The van der Waals surface area contributed by atoms with Gasteiger partial charge in [-0.3, -0.25) is 19.4 Å². The highest BCUT2D eigenvalue weighted by Crippen LogP contribution is 2.31. The molecule has 1 fully saturated rings. The molecule has 1 saturated heterocycles. The molecule has 2 aromatic carbocycles. The average molecular weight is 420 g/mol. The van der Waals surface area contributed by atoms with Gasteiger partial charge in [0.15, 0.2) is 0 Å². The van der Waals surface area contributed by atoms with E-state index in [2.05, 4.69) is 18.4 Å². The number of carbonyl (C=O) groups excluding carboxylic acids is 2. The first-order valence-electron chi connectivity index (χ1n) is 10.8. The second kappa shape index (κ2) is 9.45. The molecule has 0 aliphatic carbocycles. The summed E-state index contributed by atoms with van der Waals surface area (Å²) in [4.78, 5) is 32.1. The Morgan fingerprint density at radius 3 is 2.39 bits per heavy atom. The molecule has 6 heteroatoms. The molecule has 0 N–H and O–H groups in total. The van der Waals surface area contributed by atoms with Crippen molar-refractivity contribution in [3.05, 3.63) is 77.9 Å². The van der Waals surface area contributed by atoms with Gasteiger partial charge in [-0.25, -0.2) is 0 Å². The lowest BCUT2D eigenvalue weighted by Gasteiger charge is -2.36. The molecule has 0 spiro atoms. The Kier molecular flexibility index (Phi) is 6.49. The maximum Gasteiger partial charge on any atom is 0.259 e. The van der Waals surface area contributed by atoms with Crippen LogP contribution in [0.4, 0.5) is 0 Å². The molecule has 2 aromatic rings. The highest BCUT2D eigenvalue weighted by atomic mass is 16.5. The first kappa shape index (κ1) is 21.3. The smallest absolute Gasteiger partial charge is 0.259 e. The van der Waals surface area contributed by atoms with E-state index in [1.807, 2.05) is 53.4 Å². The van der Waals surface area contributed by atoms with Crippen molar-refractivity contribution in [1.29, 1.82) is 0 Å². The minimum absolute atomic E-state index is 0.000785. The number of carbonyl (C=O) groups is 2. The number of benzene rings is 2.